The molecule has 23 heavy (non-hydrogen) atoms. The van der Waals surface area contributed by atoms with E-state index in [4.69, 9.17) is 4.74 Å². The van der Waals surface area contributed by atoms with Crippen molar-refractivity contribution in [2.75, 3.05) is 13.7 Å². The van der Waals surface area contributed by atoms with Crippen LogP contribution in [0.5, 0.6) is 5.75 Å². The van der Waals surface area contributed by atoms with Crippen molar-refractivity contribution in [1.29, 1.82) is 0 Å². The molecule has 0 unspecified atom stereocenters. The summed E-state index contributed by atoms with van der Waals surface area (Å²) < 4.78 is 10.1. The van der Waals surface area contributed by atoms with Crippen LogP contribution in [0.15, 0.2) is 29.6 Å². The van der Waals surface area contributed by atoms with Crippen molar-refractivity contribution in [3.63, 3.8) is 0 Å². The third kappa shape index (κ3) is 5.71. The molecule has 7 heteroatoms. The molecule has 0 bridgehead atoms. The first kappa shape index (κ1) is 17.0. The lowest BCUT2D eigenvalue weighted by Gasteiger charge is -2.04. The highest BCUT2D eigenvalue weighted by Gasteiger charge is 2.10. The van der Waals surface area contributed by atoms with E-state index < -0.39 is 5.97 Å². The van der Waals surface area contributed by atoms with Crippen LogP contribution in [-0.4, -0.2) is 30.5 Å². The van der Waals surface area contributed by atoms with E-state index in [0.717, 1.165) is 10.8 Å². The van der Waals surface area contributed by atoms with Crippen LogP contribution in [0.1, 0.15) is 16.3 Å². The van der Waals surface area contributed by atoms with Crippen molar-refractivity contribution in [2.24, 2.45) is 0 Å². The van der Waals surface area contributed by atoms with E-state index in [0.29, 0.717) is 12.3 Å². The number of esters is 1. The topological polar surface area (TPSA) is 77.5 Å². The number of ether oxygens (including phenoxy) is 2. The first-order chi connectivity index (χ1) is 11.1. The summed E-state index contributed by atoms with van der Waals surface area (Å²) in [5.41, 5.74) is 1.83. The quantitative estimate of drug-likeness (QED) is 0.782. The Morgan fingerprint density at radius 3 is 2.70 bits per heavy atom. The zero-order valence-electron chi connectivity index (χ0n) is 13.0. The molecule has 0 saturated carbocycles. The van der Waals surface area contributed by atoms with Gasteiger partial charge in [0.05, 0.1) is 19.2 Å². The van der Waals surface area contributed by atoms with E-state index in [2.05, 4.69) is 15.0 Å². The summed E-state index contributed by atoms with van der Waals surface area (Å²) in [6, 6.07) is 7.77. The standard InChI is InChI=1S/C16H18N2O4S/c1-11-3-5-13(6-4-11)22-9-15-18-12(10-23-15)7-14(19)17-8-16(20)21-2/h3-6,10H,7-9H2,1-2H3,(H,17,19). The van der Waals surface area contributed by atoms with E-state index >= 15 is 0 Å². The van der Waals surface area contributed by atoms with Crippen LogP contribution in [0.2, 0.25) is 0 Å². The van der Waals surface area contributed by atoms with Gasteiger partial charge < -0.3 is 14.8 Å². The van der Waals surface area contributed by atoms with E-state index in [-0.39, 0.29) is 18.9 Å². The van der Waals surface area contributed by atoms with Gasteiger partial charge in [-0.2, -0.15) is 0 Å². The van der Waals surface area contributed by atoms with Gasteiger partial charge in [0.2, 0.25) is 5.91 Å². The Morgan fingerprint density at radius 2 is 2.00 bits per heavy atom. The third-order valence-electron chi connectivity index (χ3n) is 2.98. The number of benzene rings is 1. The number of aromatic nitrogens is 1. The number of rotatable bonds is 7. The molecule has 0 saturated heterocycles. The summed E-state index contributed by atoms with van der Waals surface area (Å²) in [7, 11) is 1.27. The first-order valence-electron chi connectivity index (χ1n) is 7.03. The zero-order valence-corrected chi connectivity index (χ0v) is 13.8. The molecule has 0 atom stereocenters. The average Bonchev–Trinajstić information content (AvgIpc) is 2.99. The van der Waals surface area contributed by atoms with Crippen molar-refractivity contribution in [2.45, 2.75) is 20.0 Å². The van der Waals surface area contributed by atoms with E-state index in [1.54, 1.807) is 0 Å². The predicted octanol–water partition coefficient (Wildman–Crippen LogP) is 1.86. The highest BCUT2D eigenvalue weighted by Crippen LogP contribution is 2.16. The molecule has 2 aromatic rings. The smallest absolute Gasteiger partial charge is 0.325 e. The number of carbonyl (C=O) groups is 2. The molecule has 1 aromatic heterocycles. The number of amides is 1. The fourth-order valence-corrected chi connectivity index (χ4v) is 2.45. The Bertz CT molecular complexity index is 667. The molecule has 0 fully saturated rings. The van der Waals surface area contributed by atoms with Crippen molar-refractivity contribution >= 4 is 23.2 Å². The second-order valence-electron chi connectivity index (χ2n) is 4.86. The van der Waals surface area contributed by atoms with Crippen LogP contribution in [0.4, 0.5) is 0 Å². The Kier molecular flexibility index (Phi) is 6.10. The van der Waals surface area contributed by atoms with Crippen LogP contribution in [-0.2, 0) is 27.4 Å². The monoisotopic (exact) mass is 334 g/mol. The first-order valence-corrected chi connectivity index (χ1v) is 7.91. The van der Waals surface area contributed by atoms with Crippen molar-refractivity contribution in [3.05, 3.63) is 45.9 Å². The van der Waals surface area contributed by atoms with Gasteiger partial charge in [-0.1, -0.05) is 17.7 Å². The lowest BCUT2D eigenvalue weighted by Crippen LogP contribution is -2.31. The fraction of sp³-hybridized carbons (Fsp3) is 0.312. The van der Waals surface area contributed by atoms with Gasteiger partial charge in [-0.15, -0.1) is 11.3 Å². The SMILES string of the molecule is COC(=O)CNC(=O)Cc1csc(COc2ccc(C)cc2)n1. The van der Waals surface area contributed by atoms with Gasteiger partial charge in [0.25, 0.3) is 0 Å². The molecule has 1 N–H and O–H groups in total. The van der Waals surface area contributed by atoms with Crippen molar-refractivity contribution < 1.29 is 19.1 Å². The van der Waals surface area contributed by atoms with Gasteiger partial charge in [0.1, 0.15) is 23.9 Å². The van der Waals surface area contributed by atoms with Gasteiger partial charge in [0.15, 0.2) is 0 Å². The molecule has 122 valence electrons. The lowest BCUT2D eigenvalue weighted by atomic mass is 10.2. The maximum Gasteiger partial charge on any atom is 0.325 e. The van der Waals surface area contributed by atoms with Gasteiger partial charge >= 0.3 is 5.97 Å². The number of nitrogens with one attached hydrogen (secondary N) is 1. The minimum Gasteiger partial charge on any atom is -0.486 e. The van der Waals surface area contributed by atoms with E-state index in [1.165, 1.54) is 24.0 Å². The molecule has 1 aromatic carbocycles. The highest BCUT2D eigenvalue weighted by atomic mass is 32.1. The Hall–Kier alpha value is -2.41. The average molecular weight is 334 g/mol. The minimum atomic E-state index is -0.483. The summed E-state index contributed by atoms with van der Waals surface area (Å²) in [5, 5.41) is 5.08. The summed E-state index contributed by atoms with van der Waals surface area (Å²) in [5.74, 6) is 0.0266. The number of carbonyl (C=O) groups excluding carboxylic acids is 2. The number of methoxy groups -OCH3 is 1. The maximum absolute atomic E-state index is 11.7. The number of hydrogen-bond acceptors (Lipinski definition) is 6. The van der Waals surface area contributed by atoms with Gasteiger partial charge in [-0.25, -0.2) is 4.98 Å². The van der Waals surface area contributed by atoms with Crippen molar-refractivity contribution in [1.82, 2.24) is 10.3 Å². The molecule has 0 aliphatic carbocycles. The molecule has 0 aliphatic rings. The van der Waals surface area contributed by atoms with Crippen LogP contribution in [0.25, 0.3) is 0 Å². The molecule has 0 aliphatic heterocycles. The normalized spacial score (nSPS) is 10.2. The van der Waals surface area contributed by atoms with Gasteiger partial charge in [-0.05, 0) is 19.1 Å². The third-order valence-corrected chi connectivity index (χ3v) is 3.85. The molecule has 1 heterocycles. The van der Waals surface area contributed by atoms with Crippen LogP contribution < -0.4 is 10.1 Å². The molecule has 0 spiro atoms. The Morgan fingerprint density at radius 1 is 1.26 bits per heavy atom. The molecule has 2 rings (SSSR count). The number of nitrogens with zero attached hydrogens (tertiary/aromatic N) is 1. The van der Waals surface area contributed by atoms with E-state index in [9.17, 15) is 9.59 Å². The van der Waals surface area contributed by atoms with Crippen LogP contribution in [0.3, 0.4) is 0 Å². The Balaban J connectivity index is 1.79. The lowest BCUT2D eigenvalue weighted by molar-refractivity contribution is -0.141. The van der Waals surface area contributed by atoms with Gasteiger partial charge in [-0.3, -0.25) is 9.59 Å². The highest BCUT2D eigenvalue weighted by molar-refractivity contribution is 7.09. The van der Waals surface area contributed by atoms with Crippen LogP contribution >= 0.6 is 11.3 Å². The number of aryl methyl sites for hydroxylation is 1. The van der Waals surface area contributed by atoms with Crippen LogP contribution in [0, 0.1) is 6.92 Å². The molecular formula is C16H18N2O4S. The molecule has 1 amide bonds. The number of hydrogen-bond donors (Lipinski definition) is 1. The van der Waals surface area contributed by atoms with Gasteiger partial charge in [0, 0.05) is 5.38 Å². The largest absolute Gasteiger partial charge is 0.486 e. The second kappa shape index (κ2) is 8.28. The van der Waals surface area contributed by atoms with Crippen molar-refractivity contribution in [3.8, 4) is 5.75 Å². The maximum atomic E-state index is 11.7. The molecule has 0 radical (unpaired) electrons. The summed E-state index contributed by atoms with van der Waals surface area (Å²) in [6.07, 6.45) is 0.123. The minimum absolute atomic E-state index is 0.123. The summed E-state index contributed by atoms with van der Waals surface area (Å²) in [6.45, 7) is 2.24. The molecule has 6 nitrogen and oxygen atoms in total. The molecular weight excluding hydrogens is 316 g/mol. The fourth-order valence-electron chi connectivity index (χ4n) is 1.75. The Labute approximate surface area is 138 Å². The summed E-state index contributed by atoms with van der Waals surface area (Å²) >= 11 is 1.44. The van der Waals surface area contributed by atoms with E-state index in [1.807, 2.05) is 36.6 Å². The zero-order chi connectivity index (χ0) is 16.7. The second-order valence-corrected chi connectivity index (χ2v) is 5.81. The summed E-state index contributed by atoms with van der Waals surface area (Å²) in [4.78, 5) is 27.0. The predicted molar refractivity (Wildman–Crippen MR) is 86.4 cm³/mol. The number of thiazole rings is 1.